The van der Waals surface area contributed by atoms with Crippen LogP contribution in [0.15, 0.2) is 85.1 Å². The Labute approximate surface area is 209 Å². The Balaban J connectivity index is 1.41. The molecule has 3 aromatic carbocycles. The molecule has 0 bridgehead atoms. The fraction of sp³-hybridized carbons (Fsp3) is 0.241. The molecule has 6 nitrogen and oxygen atoms in total. The van der Waals surface area contributed by atoms with E-state index in [1.807, 2.05) is 79.2 Å². The topological polar surface area (TPSA) is 57.6 Å². The fourth-order valence-corrected chi connectivity index (χ4v) is 4.92. The van der Waals surface area contributed by atoms with Crippen molar-refractivity contribution in [3.8, 4) is 0 Å². The summed E-state index contributed by atoms with van der Waals surface area (Å²) in [5, 5.41) is 4.94. The highest BCUT2D eigenvalue weighted by Crippen LogP contribution is 2.34. The predicted molar refractivity (Wildman–Crippen MR) is 139 cm³/mol. The minimum atomic E-state index is -0.558. The van der Waals surface area contributed by atoms with E-state index in [1.54, 1.807) is 23.1 Å². The zero-order valence-electron chi connectivity index (χ0n) is 20.4. The molecule has 2 heterocycles. The second-order valence-electron chi connectivity index (χ2n) is 9.32. The number of urea groups is 1. The van der Waals surface area contributed by atoms with Gasteiger partial charge in [0.2, 0.25) is 5.91 Å². The van der Waals surface area contributed by atoms with Crippen LogP contribution in [-0.2, 0) is 11.3 Å². The predicted octanol–water partition coefficient (Wildman–Crippen LogP) is 5.65. The maximum Gasteiger partial charge on any atom is 0.322 e. The van der Waals surface area contributed by atoms with Crippen molar-refractivity contribution in [2.75, 3.05) is 18.4 Å². The Morgan fingerprint density at radius 2 is 1.72 bits per heavy atom. The molecule has 0 saturated carbocycles. The van der Waals surface area contributed by atoms with E-state index in [9.17, 15) is 14.0 Å². The second-order valence-corrected chi connectivity index (χ2v) is 9.32. The molecular weight excluding hydrogens is 455 g/mol. The van der Waals surface area contributed by atoms with E-state index in [0.29, 0.717) is 24.3 Å². The lowest BCUT2D eigenvalue weighted by Crippen LogP contribution is -2.50. The molecule has 1 N–H and O–H groups in total. The van der Waals surface area contributed by atoms with Crippen molar-refractivity contribution in [3.05, 3.63) is 102 Å². The first kappa shape index (κ1) is 23.6. The van der Waals surface area contributed by atoms with Gasteiger partial charge in [-0.1, -0.05) is 54.6 Å². The Morgan fingerprint density at radius 3 is 2.53 bits per heavy atom. The quantitative estimate of drug-likeness (QED) is 0.398. The molecule has 5 rings (SSSR count). The van der Waals surface area contributed by atoms with E-state index in [1.165, 1.54) is 11.0 Å². The molecule has 0 spiro atoms. The van der Waals surface area contributed by atoms with Gasteiger partial charge in [-0.25, -0.2) is 9.18 Å². The number of aromatic nitrogens is 1. The van der Waals surface area contributed by atoms with Crippen LogP contribution in [0, 0.1) is 5.82 Å². The third-order valence-corrected chi connectivity index (χ3v) is 6.78. The zero-order chi connectivity index (χ0) is 25.2. The number of halogens is 1. The van der Waals surface area contributed by atoms with E-state index < -0.39 is 6.04 Å². The van der Waals surface area contributed by atoms with Crippen LogP contribution in [0.5, 0.6) is 0 Å². The van der Waals surface area contributed by atoms with Gasteiger partial charge in [0.25, 0.3) is 0 Å². The van der Waals surface area contributed by atoms with Crippen LogP contribution in [0.4, 0.5) is 14.9 Å². The van der Waals surface area contributed by atoms with Gasteiger partial charge < -0.3 is 19.7 Å². The Bertz CT molecular complexity index is 1410. The summed E-state index contributed by atoms with van der Waals surface area (Å²) in [4.78, 5) is 30.3. The standard InChI is InChI=1S/C29H29FN4O2/c1-20(2)34(29(36)31-25-14-7-10-21-9-3-4-11-22(21)25)19-27(35)33-18-17-32-16-8-15-26(32)28(33)23-12-5-6-13-24(23)30/h3-16,20,28H,17-19H2,1-2H3,(H,31,36). The molecule has 7 heteroatoms. The van der Waals surface area contributed by atoms with E-state index in [0.717, 1.165) is 16.5 Å². The summed E-state index contributed by atoms with van der Waals surface area (Å²) >= 11 is 0. The minimum absolute atomic E-state index is 0.111. The number of hydrogen-bond donors (Lipinski definition) is 1. The third-order valence-electron chi connectivity index (χ3n) is 6.78. The van der Waals surface area contributed by atoms with Crippen molar-refractivity contribution in [1.82, 2.24) is 14.4 Å². The average molecular weight is 485 g/mol. The van der Waals surface area contributed by atoms with Gasteiger partial charge in [0, 0.05) is 42.0 Å². The summed E-state index contributed by atoms with van der Waals surface area (Å²) in [6, 6.07) is 22.8. The van der Waals surface area contributed by atoms with Crippen LogP contribution in [0.2, 0.25) is 0 Å². The Kier molecular flexibility index (Phi) is 6.46. The molecule has 4 aromatic rings. The summed E-state index contributed by atoms with van der Waals surface area (Å²) in [6.45, 7) is 4.69. The van der Waals surface area contributed by atoms with Gasteiger partial charge >= 0.3 is 6.03 Å². The number of nitrogens with one attached hydrogen (secondary N) is 1. The van der Waals surface area contributed by atoms with Crippen molar-refractivity contribution < 1.29 is 14.0 Å². The van der Waals surface area contributed by atoms with Gasteiger partial charge in [-0.05, 0) is 43.5 Å². The van der Waals surface area contributed by atoms with Crippen LogP contribution in [-0.4, -0.2) is 45.4 Å². The molecular formula is C29H29FN4O2. The third kappa shape index (κ3) is 4.44. The van der Waals surface area contributed by atoms with E-state index >= 15 is 0 Å². The first-order valence-corrected chi connectivity index (χ1v) is 12.2. The molecule has 0 radical (unpaired) electrons. The van der Waals surface area contributed by atoms with Crippen LogP contribution >= 0.6 is 0 Å². The van der Waals surface area contributed by atoms with Gasteiger partial charge in [-0.2, -0.15) is 0 Å². The van der Waals surface area contributed by atoms with Gasteiger partial charge in [-0.3, -0.25) is 4.79 Å². The van der Waals surface area contributed by atoms with Crippen LogP contribution in [0.1, 0.15) is 31.1 Å². The minimum Gasteiger partial charge on any atom is -0.348 e. The summed E-state index contributed by atoms with van der Waals surface area (Å²) in [5.41, 5.74) is 1.99. The first-order chi connectivity index (χ1) is 17.4. The van der Waals surface area contributed by atoms with Crippen LogP contribution in [0.3, 0.4) is 0 Å². The van der Waals surface area contributed by atoms with Crippen molar-refractivity contribution >= 4 is 28.4 Å². The smallest absolute Gasteiger partial charge is 0.322 e. The SMILES string of the molecule is CC(C)N(CC(=O)N1CCn2cccc2C1c1ccccc1F)C(=O)Nc1cccc2ccccc12. The number of anilines is 1. The fourth-order valence-electron chi connectivity index (χ4n) is 4.92. The van der Waals surface area contributed by atoms with Crippen molar-refractivity contribution in [2.24, 2.45) is 0 Å². The first-order valence-electron chi connectivity index (χ1n) is 12.2. The lowest BCUT2D eigenvalue weighted by molar-refractivity contribution is -0.134. The number of fused-ring (bicyclic) bond motifs is 2. The van der Waals surface area contributed by atoms with Crippen molar-refractivity contribution in [2.45, 2.75) is 32.5 Å². The monoisotopic (exact) mass is 484 g/mol. The van der Waals surface area contributed by atoms with Crippen LogP contribution < -0.4 is 5.32 Å². The van der Waals surface area contributed by atoms with E-state index in [4.69, 9.17) is 0 Å². The van der Waals surface area contributed by atoms with Gasteiger partial charge in [0.05, 0.1) is 5.69 Å². The summed E-state index contributed by atoms with van der Waals surface area (Å²) < 4.78 is 16.9. The van der Waals surface area contributed by atoms with Crippen molar-refractivity contribution in [1.29, 1.82) is 0 Å². The molecule has 1 aromatic heterocycles. The Hall–Kier alpha value is -4.13. The molecule has 1 atom stereocenters. The maximum absolute atomic E-state index is 14.9. The normalized spacial score (nSPS) is 15.1. The maximum atomic E-state index is 14.9. The number of nitrogens with zero attached hydrogens (tertiary/aromatic N) is 3. The number of amides is 3. The van der Waals surface area contributed by atoms with Gasteiger partial charge in [0.15, 0.2) is 0 Å². The van der Waals surface area contributed by atoms with Gasteiger partial charge in [0.1, 0.15) is 18.4 Å². The van der Waals surface area contributed by atoms with Crippen LogP contribution in [0.25, 0.3) is 10.8 Å². The molecule has 0 saturated heterocycles. The number of carbonyl (C=O) groups excluding carboxylic acids is 2. The molecule has 1 aliphatic rings. The highest BCUT2D eigenvalue weighted by molar-refractivity contribution is 6.02. The highest BCUT2D eigenvalue weighted by atomic mass is 19.1. The molecule has 36 heavy (non-hydrogen) atoms. The molecule has 184 valence electrons. The lowest BCUT2D eigenvalue weighted by Gasteiger charge is -2.39. The molecule has 0 aliphatic carbocycles. The van der Waals surface area contributed by atoms with E-state index in [2.05, 4.69) is 5.32 Å². The molecule has 3 amide bonds. The Morgan fingerprint density at radius 1 is 0.972 bits per heavy atom. The summed E-state index contributed by atoms with van der Waals surface area (Å²) in [7, 11) is 0. The number of carbonyl (C=O) groups is 2. The molecule has 1 aliphatic heterocycles. The number of rotatable bonds is 5. The highest BCUT2D eigenvalue weighted by Gasteiger charge is 2.35. The number of benzene rings is 3. The largest absolute Gasteiger partial charge is 0.348 e. The van der Waals surface area contributed by atoms with E-state index in [-0.39, 0.29) is 30.3 Å². The molecule has 1 unspecified atom stereocenters. The molecule has 0 fully saturated rings. The summed E-state index contributed by atoms with van der Waals surface area (Å²) in [5.74, 6) is -0.582. The number of hydrogen-bond acceptors (Lipinski definition) is 2. The second kappa shape index (κ2) is 9.85. The van der Waals surface area contributed by atoms with Crippen molar-refractivity contribution in [3.63, 3.8) is 0 Å². The zero-order valence-corrected chi connectivity index (χ0v) is 20.4. The van der Waals surface area contributed by atoms with Gasteiger partial charge in [-0.15, -0.1) is 0 Å². The summed E-state index contributed by atoms with van der Waals surface area (Å²) in [6.07, 6.45) is 1.95. The lowest BCUT2D eigenvalue weighted by atomic mass is 9.99. The average Bonchev–Trinajstić information content (AvgIpc) is 3.36.